The van der Waals surface area contributed by atoms with Crippen LogP contribution in [0.5, 0.6) is 0 Å². The van der Waals surface area contributed by atoms with E-state index in [0.717, 1.165) is 48.8 Å². The fourth-order valence-corrected chi connectivity index (χ4v) is 5.30. The maximum atomic E-state index is 13.7. The van der Waals surface area contributed by atoms with Gasteiger partial charge in [0.2, 0.25) is 0 Å². The number of amides is 2. The average molecular weight is 543 g/mol. The van der Waals surface area contributed by atoms with Gasteiger partial charge in [-0.2, -0.15) is 0 Å². The molecule has 4 aromatic rings. The first-order valence-corrected chi connectivity index (χ1v) is 12.9. The fraction of sp³-hybridized carbons (Fsp3) is 0.233. The van der Waals surface area contributed by atoms with Crippen LogP contribution in [0.3, 0.4) is 0 Å². The SMILES string of the molecule is CN1CCNCC1c1ncccc1C(=O)Nc1ccc(C(=O)N2Cc3cccn3Cc3ccccc32)cc1.Cl. The Kier molecular flexibility index (Phi) is 7.79. The van der Waals surface area contributed by atoms with Gasteiger partial charge in [-0.25, -0.2) is 0 Å². The summed E-state index contributed by atoms with van der Waals surface area (Å²) in [5.74, 6) is -0.291. The lowest BCUT2D eigenvalue weighted by atomic mass is 10.0. The molecule has 2 aliphatic heterocycles. The smallest absolute Gasteiger partial charge is 0.258 e. The van der Waals surface area contributed by atoms with E-state index in [1.54, 1.807) is 36.5 Å². The molecule has 9 heteroatoms. The molecule has 1 fully saturated rings. The summed E-state index contributed by atoms with van der Waals surface area (Å²) in [6.07, 6.45) is 3.78. The van der Waals surface area contributed by atoms with E-state index in [9.17, 15) is 9.59 Å². The van der Waals surface area contributed by atoms with Crippen molar-refractivity contribution in [1.82, 2.24) is 19.8 Å². The number of likely N-dealkylation sites (N-methyl/N-ethyl adjacent to an activating group) is 1. The number of aromatic nitrogens is 2. The number of rotatable bonds is 4. The highest BCUT2D eigenvalue weighted by molar-refractivity contribution is 6.08. The number of benzene rings is 2. The van der Waals surface area contributed by atoms with E-state index in [0.29, 0.717) is 23.4 Å². The summed E-state index contributed by atoms with van der Waals surface area (Å²) in [5, 5.41) is 6.37. The van der Waals surface area contributed by atoms with Crippen LogP contribution in [0.25, 0.3) is 0 Å². The molecule has 1 unspecified atom stereocenters. The third kappa shape index (κ3) is 5.31. The minimum absolute atomic E-state index is 0. The summed E-state index contributed by atoms with van der Waals surface area (Å²) in [7, 11) is 2.05. The molecule has 2 aromatic heterocycles. The number of hydrogen-bond donors (Lipinski definition) is 2. The number of nitrogens with one attached hydrogen (secondary N) is 2. The van der Waals surface area contributed by atoms with Crippen molar-refractivity contribution in [2.45, 2.75) is 19.1 Å². The molecule has 0 saturated carbocycles. The molecule has 2 N–H and O–H groups in total. The summed E-state index contributed by atoms with van der Waals surface area (Å²) in [6.45, 7) is 3.79. The van der Waals surface area contributed by atoms with Gasteiger partial charge in [-0.05, 0) is 67.2 Å². The van der Waals surface area contributed by atoms with Crippen molar-refractivity contribution < 1.29 is 9.59 Å². The van der Waals surface area contributed by atoms with Crippen molar-refractivity contribution >= 4 is 35.6 Å². The molecule has 1 saturated heterocycles. The molecular weight excluding hydrogens is 512 g/mol. The molecule has 2 aromatic carbocycles. The molecule has 200 valence electrons. The van der Waals surface area contributed by atoms with E-state index in [4.69, 9.17) is 0 Å². The largest absolute Gasteiger partial charge is 0.345 e. The molecular formula is C30H31ClN6O2. The zero-order valence-electron chi connectivity index (χ0n) is 21.7. The van der Waals surface area contributed by atoms with Gasteiger partial charge in [0.1, 0.15) is 0 Å². The second-order valence-electron chi connectivity index (χ2n) is 9.82. The first-order valence-electron chi connectivity index (χ1n) is 12.9. The van der Waals surface area contributed by atoms with Crippen molar-refractivity contribution in [3.05, 3.63) is 113 Å². The summed E-state index contributed by atoms with van der Waals surface area (Å²) < 4.78 is 2.18. The Hall–Kier alpha value is -3.98. The van der Waals surface area contributed by atoms with Crippen LogP contribution in [0, 0.1) is 0 Å². The maximum Gasteiger partial charge on any atom is 0.258 e. The van der Waals surface area contributed by atoms with Crippen molar-refractivity contribution in [3.8, 4) is 0 Å². The number of carbonyl (C=O) groups excluding carboxylic acids is 2. The van der Waals surface area contributed by atoms with Crippen LogP contribution in [0.15, 0.2) is 85.2 Å². The average Bonchev–Trinajstić information content (AvgIpc) is 3.32. The van der Waals surface area contributed by atoms with Gasteiger partial charge in [0, 0.05) is 61.2 Å². The molecule has 8 nitrogen and oxygen atoms in total. The topological polar surface area (TPSA) is 82.5 Å². The van der Waals surface area contributed by atoms with Crippen molar-refractivity contribution in [2.24, 2.45) is 0 Å². The van der Waals surface area contributed by atoms with Crippen LogP contribution >= 0.6 is 12.4 Å². The van der Waals surface area contributed by atoms with Gasteiger partial charge in [0.15, 0.2) is 0 Å². The van der Waals surface area contributed by atoms with Crippen LogP contribution in [0.4, 0.5) is 11.4 Å². The number of anilines is 2. The molecule has 2 amide bonds. The zero-order chi connectivity index (χ0) is 26.1. The number of piperazine rings is 1. The Labute approximate surface area is 234 Å². The minimum Gasteiger partial charge on any atom is -0.345 e. The zero-order valence-corrected chi connectivity index (χ0v) is 22.5. The quantitative estimate of drug-likeness (QED) is 0.401. The predicted molar refractivity (Wildman–Crippen MR) is 155 cm³/mol. The Bertz CT molecular complexity index is 1480. The third-order valence-electron chi connectivity index (χ3n) is 7.41. The first kappa shape index (κ1) is 26.6. The molecule has 1 atom stereocenters. The third-order valence-corrected chi connectivity index (χ3v) is 7.41. The van der Waals surface area contributed by atoms with Crippen molar-refractivity contribution in [3.63, 3.8) is 0 Å². The van der Waals surface area contributed by atoms with Gasteiger partial charge < -0.3 is 20.1 Å². The molecule has 6 rings (SSSR count). The highest BCUT2D eigenvalue weighted by atomic mass is 35.5. The second-order valence-corrected chi connectivity index (χ2v) is 9.82. The van der Waals surface area contributed by atoms with Gasteiger partial charge in [-0.1, -0.05) is 18.2 Å². The number of hydrogen-bond acceptors (Lipinski definition) is 5. The summed E-state index contributed by atoms with van der Waals surface area (Å²) in [6, 6.07) is 22.8. The number of nitrogens with zero attached hydrogens (tertiary/aromatic N) is 4. The number of carbonyl (C=O) groups is 2. The normalized spacial score (nSPS) is 16.8. The van der Waals surface area contributed by atoms with E-state index in [-0.39, 0.29) is 30.3 Å². The summed E-state index contributed by atoms with van der Waals surface area (Å²) in [4.78, 5) is 35.5. The second kappa shape index (κ2) is 11.4. The number of fused-ring (bicyclic) bond motifs is 2. The molecule has 4 heterocycles. The Morgan fingerprint density at radius 1 is 0.974 bits per heavy atom. The predicted octanol–water partition coefficient (Wildman–Crippen LogP) is 4.34. The lowest BCUT2D eigenvalue weighted by Crippen LogP contribution is -2.44. The molecule has 0 aliphatic carbocycles. The highest BCUT2D eigenvalue weighted by Gasteiger charge is 2.27. The fourth-order valence-electron chi connectivity index (χ4n) is 5.30. The number of halogens is 1. The summed E-state index contributed by atoms with van der Waals surface area (Å²) >= 11 is 0. The lowest BCUT2D eigenvalue weighted by molar-refractivity contribution is 0.0983. The van der Waals surface area contributed by atoms with Crippen molar-refractivity contribution in [1.29, 1.82) is 0 Å². The minimum atomic E-state index is -0.214. The van der Waals surface area contributed by atoms with E-state index in [1.807, 2.05) is 41.4 Å². The van der Waals surface area contributed by atoms with Gasteiger partial charge in [-0.3, -0.25) is 19.5 Å². The van der Waals surface area contributed by atoms with Crippen LogP contribution < -0.4 is 15.5 Å². The van der Waals surface area contributed by atoms with E-state index in [2.05, 4.69) is 44.3 Å². The molecule has 2 aliphatic rings. The molecule has 0 radical (unpaired) electrons. The van der Waals surface area contributed by atoms with Crippen LogP contribution in [-0.4, -0.2) is 52.9 Å². The van der Waals surface area contributed by atoms with Crippen LogP contribution in [0.1, 0.15) is 43.7 Å². The Morgan fingerprint density at radius 3 is 2.62 bits per heavy atom. The van der Waals surface area contributed by atoms with E-state index >= 15 is 0 Å². The monoisotopic (exact) mass is 542 g/mol. The van der Waals surface area contributed by atoms with Gasteiger partial charge in [0.05, 0.1) is 23.8 Å². The van der Waals surface area contributed by atoms with Gasteiger partial charge >= 0.3 is 0 Å². The van der Waals surface area contributed by atoms with Crippen LogP contribution in [-0.2, 0) is 13.1 Å². The Morgan fingerprint density at radius 2 is 1.79 bits per heavy atom. The van der Waals surface area contributed by atoms with E-state index in [1.165, 1.54) is 0 Å². The van der Waals surface area contributed by atoms with Gasteiger partial charge in [-0.15, -0.1) is 12.4 Å². The highest BCUT2D eigenvalue weighted by Crippen LogP contribution is 2.29. The number of pyridine rings is 1. The standard InChI is InChI=1S/C30H30N6O2.ClH/c1-34-17-15-31-18-27(34)28-25(8-4-14-32-28)29(37)33-23-12-10-21(11-13-23)30(38)36-20-24-7-5-16-35(24)19-22-6-2-3-9-26(22)36;/h2-14,16,27,31H,15,17-20H2,1H3,(H,33,37);1H. The van der Waals surface area contributed by atoms with Crippen molar-refractivity contribution in [2.75, 3.05) is 36.9 Å². The molecule has 39 heavy (non-hydrogen) atoms. The molecule has 0 spiro atoms. The Balaban J connectivity index is 0.00000308. The van der Waals surface area contributed by atoms with Gasteiger partial charge in [0.25, 0.3) is 11.8 Å². The number of para-hydroxylation sites is 1. The van der Waals surface area contributed by atoms with Crippen LogP contribution in [0.2, 0.25) is 0 Å². The maximum absolute atomic E-state index is 13.7. The van der Waals surface area contributed by atoms with E-state index < -0.39 is 0 Å². The lowest BCUT2D eigenvalue weighted by Gasteiger charge is -2.33. The molecule has 0 bridgehead atoms. The summed E-state index contributed by atoms with van der Waals surface area (Å²) in [5.41, 5.74) is 5.62. The first-order chi connectivity index (χ1) is 18.6.